The van der Waals surface area contributed by atoms with Crippen molar-refractivity contribution >= 4 is 0 Å². The van der Waals surface area contributed by atoms with Crippen LogP contribution in [-0.4, -0.2) is 19.9 Å². The van der Waals surface area contributed by atoms with Crippen LogP contribution in [0.15, 0.2) is 23.3 Å². The van der Waals surface area contributed by atoms with E-state index in [9.17, 15) is 0 Å². The molecule has 0 aliphatic carbocycles. The molecule has 5 nitrogen and oxygen atoms in total. The van der Waals surface area contributed by atoms with Crippen LogP contribution in [0.4, 0.5) is 0 Å². The Bertz CT molecular complexity index is 318. The summed E-state index contributed by atoms with van der Waals surface area (Å²) in [7, 11) is 0. The average Bonchev–Trinajstić information content (AvgIpc) is 2.58. The maximum absolute atomic E-state index is 4.63. The lowest BCUT2D eigenvalue weighted by Gasteiger charge is -1.88. The first-order chi connectivity index (χ1) is 5.47. The van der Waals surface area contributed by atoms with Crippen LogP contribution in [0.1, 0.15) is 0 Å². The second-order valence-electron chi connectivity index (χ2n) is 1.79. The Morgan fingerprint density at radius 3 is 2.73 bits per heavy atom. The van der Waals surface area contributed by atoms with Gasteiger partial charge in [0.2, 0.25) is 0 Å². The maximum Gasteiger partial charge on any atom is 0.284 e. The summed E-state index contributed by atoms with van der Waals surface area (Å²) in [5.74, 6) is 0.491. The third-order valence-electron chi connectivity index (χ3n) is 1.11. The molecule has 0 aliphatic rings. The third-order valence-corrected chi connectivity index (χ3v) is 1.11. The minimum atomic E-state index is 0.491. The van der Waals surface area contributed by atoms with Gasteiger partial charge in [0, 0.05) is 0 Å². The molecule has 0 fully saturated rings. The Kier molecular flexibility index (Phi) is 1.33. The molecule has 0 saturated heterocycles. The van der Waals surface area contributed by atoms with Gasteiger partial charge in [-0.1, -0.05) is 0 Å². The number of oxazole rings is 1. The lowest BCUT2D eigenvalue weighted by atomic mass is 10.5. The van der Waals surface area contributed by atoms with E-state index in [0.717, 1.165) is 0 Å². The number of aromatic nitrogens is 4. The van der Waals surface area contributed by atoms with Crippen molar-refractivity contribution in [1.82, 2.24) is 19.9 Å². The average molecular weight is 147 g/mol. The summed E-state index contributed by atoms with van der Waals surface area (Å²) in [5.41, 5.74) is 0.562. The summed E-state index contributed by atoms with van der Waals surface area (Å²) < 4.78 is 4.63. The smallest absolute Gasteiger partial charge is 0.284 e. The zero-order chi connectivity index (χ0) is 7.52. The number of hydrogen-bond donors (Lipinski definition) is 0. The van der Waals surface area contributed by atoms with Crippen molar-refractivity contribution in [2.75, 3.05) is 0 Å². The molecule has 11 heavy (non-hydrogen) atoms. The summed E-state index contributed by atoms with van der Waals surface area (Å²) in [6.45, 7) is 0. The summed E-state index contributed by atoms with van der Waals surface area (Å²) >= 11 is 0. The number of nitrogens with zero attached hydrogens (tertiary/aromatic N) is 4. The predicted octanol–water partition coefficient (Wildman–Crippen LogP) is 0.327. The topological polar surface area (TPSA) is 64.7 Å². The molecule has 2 aromatic rings. The Hall–Kier alpha value is -1.78. The molecule has 0 aliphatic heterocycles. The lowest BCUT2D eigenvalue weighted by Crippen LogP contribution is -1.87. The minimum absolute atomic E-state index is 0.491. The first-order valence-corrected chi connectivity index (χ1v) is 2.91. The molecule has 2 aromatic heterocycles. The minimum Gasteiger partial charge on any atom is -0.440 e. The van der Waals surface area contributed by atoms with Gasteiger partial charge in [-0.25, -0.2) is 19.9 Å². The summed E-state index contributed by atoms with van der Waals surface area (Å²) in [6.07, 6.45) is 6.53. The highest BCUT2D eigenvalue weighted by atomic mass is 16.3. The predicted molar refractivity (Wildman–Crippen MR) is 34.2 cm³/mol. The third kappa shape index (κ3) is 1.07. The fourth-order valence-corrected chi connectivity index (χ4v) is 0.658. The fraction of sp³-hybridized carbons (Fsp3) is 0. The Labute approximate surface area is 62.2 Å². The quantitative estimate of drug-likeness (QED) is 0.581. The molecule has 0 unspecified atom stereocenters. The molecular weight excluding hydrogens is 144 g/mol. The van der Waals surface area contributed by atoms with Gasteiger partial charge >= 0.3 is 0 Å². The zero-order valence-corrected chi connectivity index (χ0v) is 5.43. The van der Waals surface area contributed by atoms with Gasteiger partial charge in [-0.3, -0.25) is 0 Å². The van der Waals surface area contributed by atoms with Crippen molar-refractivity contribution in [1.29, 1.82) is 0 Å². The van der Waals surface area contributed by atoms with Gasteiger partial charge in [-0.2, -0.15) is 0 Å². The van der Waals surface area contributed by atoms with Crippen molar-refractivity contribution < 1.29 is 4.42 Å². The maximum atomic E-state index is 4.63. The molecule has 0 atom stereocenters. The highest BCUT2D eigenvalue weighted by Crippen LogP contribution is 2.07. The van der Waals surface area contributed by atoms with Gasteiger partial charge in [0.05, 0.1) is 0 Å². The van der Waals surface area contributed by atoms with Crippen LogP contribution in [0.25, 0.3) is 11.5 Å². The van der Waals surface area contributed by atoms with E-state index < -0.39 is 0 Å². The normalized spacial score (nSPS) is 9.82. The van der Waals surface area contributed by atoms with E-state index in [-0.39, 0.29) is 0 Å². The van der Waals surface area contributed by atoms with E-state index in [1.807, 2.05) is 0 Å². The molecular formula is C6H3N4O. The second-order valence-corrected chi connectivity index (χ2v) is 1.79. The molecule has 5 heteroatoms. The summed E-state index contributed by atoms with van der Waals surface area (Å²) in [6, 6.07) is 0. The molecule has 1 radical (unpaired) electrons. The van der Waals surface area contributed by atoms with Crippen LogP contribution in [0.5, 0.6) is 0 Å². The molecule has 0 saturated carbocycles. The van der Waals surface area contributed by atoms with Crippen LogP contribution in [0, 0.1) is 6.39 Å². The Morgan fingerprint density at radius 2 is 2.09 bits per heavy atom. The van der Waals surface area contributed by atoms with Crippen LogP contribution in [0.2, 0.25) is 0 Å². The molecule has 0 aromatic carbocycles. The number of rotatable bonds is 1. The standard InChI is InChI=1S/C6H3N4O/c1-5(10-4-11-1)6-8-2-7-3-9-6/h1-3H. The highest BCUT2D eigenvalue weighted by molar-refractivity contribution is 5.44. The van der Waals surface area contributed by atoms with E-state index in [1.54, 1.807) is 0 Å². The molecule has 0 bridgehead atoms. The van der Waals surface area contributed by atoms with Crippen molar-refractivity contribution in [2.24, 2.45) is 0 Å². The zero-order valence-electron chi connectivity index (χ0n) is 5.43. The van der Waals surface area contributed by atoms with Gasteiger partial charge in [0.1, 0.15) is 24.6 Å². The molecule has 0 amide bonds. The van der Waals surface area contributed by atoms with E-state index >= 15 is 0 Å². The number of hydrogen-bond acceptors (Lipinski definition) is 5. The largest absolute Gasteiger partial charge is 0.440 e. The Morgan fingerprint density at radius 1 is 1.27 bits per heavy atom. The van der Waals surface area contributed by atoms with Crippen LogP contribution in [0.3, 0.4) is 0 Å². The lowest BCUT2D eigenvalue weighted by molar-refractivity contribution is 0.548. The SMILES string of the molecule is [c]1nc(-c2ncncn2)co1. The van der Waals surface area contributed by atoms with Gasteiger partial charge < -0.3 is 4.42 Å². The van der Waals surface area contributed by atoms with E-state index in [0.29, 0.717) is 11.5 Å². The molecule has 0 spiro atoms. The summed E-state index contributed by atoms with van der Waals surface area (Å²) in [4.78, 5) is 15.1. The van der Waals surface area contributed by atoms with Crippen molar-refractivity contribution in [3.8, 4) is 11.5 Å². The Balaban J connectivity index is 2.46. The fourth-order valence-electron chi connectivity index (χ4n) is 0.658. The van der Waals surface area contributed by atoms with Crippen LogP contribution in [-0.2, 0) is 0 Å². The van der Waals surface area contributed by atoms with Gasteiger partial charge in [0.15, 0.2) is 5.82 Å². The molecule has 53 valence electrons. The van der Waals surface area contributed by atoms with E-state index in [1.165, 1.54) is 18.9 Å². The summed E-state index contributed by atoms with van der Waals surface area (Å²) in [5, 5.41) is 0. The van der Waals surface area contributed by atoms with Crippen molar-refractivity contribution in [2.45, 2.75) is 0 Å². The van der Waals surface area contributed by atoms with Crippen LogP contribution >= 0.6 is 0 Å². The van der Waals surface area contributed by atoms with Crippen molar-refractivity contribution in [3.63, 3.8) is 0 Å². The van der Waals surface area contributed by atoms with E-state index in [2.05, 4.69) is 30.7 Å². The molecule has 2 rings (SSSR count). The first kappa shape index (κ1) is 5.96. The molecule has 2 heterocycles. The highest BCUT2D eigenvalue weighted by Gasteiger charge is 2.01. The van der Waals surface area contributed by atoms with Crippen LogP contribution < -0.4 is 0 Å². The second kappa shape index (κ2) is 2.45. The van der Waals surface area contributed by atoms with Gasteiger partial charge in [-0.05, 0) is 0 Å². The monoisotopic (exact) mass is 147 g/mol. The molecule has 0 N–H and O–H groups in total. The van der Waals surface area contributed by atoms with Gasteiger partial charge in [-0.15, -0.1) is 0 Å². The van der Waals surface area contributed by atoms with E-state index in [4.69, 9.17) is 0 Å². The van der Waals surface area contributed by atoms with Crippen molar-refractivity contribution in [3.05, 3.63) is 25.3 Å². The first-order valence-electron chi connectivity index (χ1n) is 2.91. The van der Waals surface area contributed by atoms with Gasteiger partial charge in [0.25, 0.3) is 6.39 Å².